The summed E-state index contributed by atoms with van der Waals surface area (Å²) >= 11 is 0. The maximum Gasteiger partial charge on any atom is -0.00127 e. The molecular formula is C15H29N. The van der Waals surface area contributed by atoms with Crippen LogP contribution in [0.3, 0.4) is 0 Å². The lowest BCUT2D eigenvalue weighted by molar-refractivity contribution is 0.0153. The third-order valence-corrected chi connectivity index (χ3v) is 5.43. The van der Waals surface area contributed by atoms with Crippen molar-refractivity contribution in [1.82, 2.24) is 5.32 Å². The van der Waals surface area contributed by atoms with Crippen molar-refractivity contribution in [2.45, 2.75) is 59.3 Å². The zero-order chi connectivity index (χ0) is 11.6. The molecule has 0 aromatic rings. The molecule has 2 aliphatic rings. The Morgan fingerprint density at radius 1 is 1.19 bits per heavy atom. The van der Waals surface area contributed by atoms with Crippen LogP contribution in [0.25, 0.3) is 0 Å². The average molecular weight is 223 g/mol. The van der Waals surface area contributed by atoms with Crippen molar-refractivity contribution >= 4 is 0 Å². The van der Waals surface area contributed by atoms with Gasteiger partial charge in [0.25, 0.3) is 0 Å². The standard InChI is InChI=1S/C15H29N/c1-4-13-5-7-15(8-6-13)9-10-16-11-14(15)12(2)3/h12-14,16H,4-11H2,1-3H3. The first kappa shape index (κ1) is 12.4. The van der Waals surface area contributed by atoms with Crippen LogP contribution in [0.4, 0.5) is 0 Å². The molecule has 0 radical (unpaired) electrons. The molecule has 0 bridgehead atoms. The minimum absolute atomic E-state index is 0.713. The highest BCUT2D eigenvalue weighted by molar-refractivity contribution is 4.95. The summed E-state index contributed by atoms with van der Waals surface area (Å²) in [5.41, 5.74) is 0.713. The van der Waals surface area contributed by atoms with E-state index in [-0.39, 0.29) is 0 Å². The largest absolute Gasteiger partial charge is 0.316 e. The molecule has 0 aromatic carbocycles. The molecule has 1 aliphatic carbocycles. The third-order valence-electron chi connectivity index (χ3n) is 5.43. The van der Waals surface area contributed by atoms with Gasteiger partial charge in [0.15, 0.2) is 0 Å². The van der Waals surface area contributed by atoms with E-state index in [2.05, 4.69) is 26.1 Å². The number of piperidine rings is 1. The fraction of sp³-hybridized carbons (Fsp3) is 1.00. The second-order valence-corrected chi connectivity index (χ2v) is 6.52. The van der Waals surface area contributed by atoms with E-state index >= 15 is 0 Å². The highest BCUT2D eigenvalue weighted by Gasteiger charge is 2.43. The zero-order valence-electron chi connectivity index (χ0n) is 11.4. The van der Waals surface area contributed by atoms with E-state index in [1.807, 2.05) is 0 Å². The number of rotatable bonds is 2. The summed E-state index contributed by atoms with van der Waals surface area (Å²) in [6, 6.07) is 0. The van der Waals surface area contributed by atoms with Crippen molar-refractivity contribution in [1.29, 1.82) is 0 Å². The molecule has 1 saturated carbocycles. The molecule has 1 heteroatoms. The summed E-state index contributed by atoms with van der Waals surface area (Å²) in [4.78, 5) is 0. The van der Waals surface area contributed by atoms with Crippen molar-refractivity contribution in [3.63, 3.8) is 0 Å². The van der Waals surface area contributed by atoms with Gasteiger partial charge in [0.1, 0.15) is 0 Å². The Morgan fingerprint density at radius 2 is 1.88 bits per heavy atom. The Balaban J connectivity index is 2.04. The van der Waals surface area contributed by atoms with Gasteiger partial charge in [-0.2, -0.15) is 0 Å². The van der Waals surface area contributed by atoms with Crippen LogP contribution in [0.15, 0.2) is 0 Å². The molecule has 1 heterocycles. The first-order chi connectivity index (χ1) is 7.68. The van der Waals surface area contributed by atoms with Crippen LogP contribution in [0.1, 0.15) is 59.3 Å². The lowest BCUT2D eigenvalue weighted by atomic mass is 9.58. The molecule has 0 amide bonds. The second kappa shape index (κ2) is 5.08. The topological polar surface area (TPSA) is 12.0 Å². The molecule has 1 aliphatic heterocycles. The quantitative estimate of drug-likeness (QED) is 0.750. The number of hydrogen-bond acceptors (Lipinski definition) is 1. The molecule has 0 aromatic heterocycles. The summed E-state index contributed by atoms with van der Waals surface area (Å²) in [6.45, 7) is 9.75. The van der Waals surface area contributed by atoms with Gasteiger partial charge >= 0.3 is 0 Å². The summed E-state index contributed by atoms with van der Waals surface area (Å²) < 4.78 is 0. The third kappa shape index (κ3) is 2.30. The normalized spacial score (nSPS) is 40.5. The van der Waals surface area contributed by atoms with Crippen LogP contribution in [0.2, 0.25) is 0 Å². The predicted octanol–water partition coefficient (Wildman–Crippen LogP) is 3.84. The summed E-state index contributed by atoms with van der Waals surface area (Å²) in [6.07, 6.45) is 8.86. The second-order valence-electron chi connectivity index (χ2n) is 6.52. The molecule has 1 spiro atoms. The van der Waals surface area contributed by atoms with Crippen molar-refractivity contribution < 1.29 is 0 Å². The molecule has 94 valence electrons. The number of hydrogen-bond donors (Lipinski definition) is 1. The predicted molar refractivity (Wildman–Crippen MR) is 70.5 cm³/mol. The van der Waals surface area contributed by atoms with Crippen LogP contribution >= 0.6 is 0 Å². The van der Waals surface area contributed by atoms with Gasteiger partial charge in [0, 0.05) is 0 Å². The van der Waals surface area contributed by atoms with Crippen molar-refractivity contribution in [2.75, 3.05) is 13.1 Å². The monoisotopic (exact) mass is 223 g/mol. The van der Waals surface area contributed by atoms with Gasteiger partial charge in [-0.15, -0.1) is 0 Å². The summed E-state index contributed by atoms with van der Waals surface area (Å²) in [5, 5.41) is 3.61. The van der Waals surface area contributed by atoms with Gasteiger partial charge < -0.3 is 5.32 Å². The van der Waals surface area contributed by atoms with Crippen LogP contribution in [0.5, 0.6) is 0 Å². The molecular weight excluding hydrogens is 194 g/mol. The fourth-order valence-electron chi connectivity index (χ4n) is 4.22. The summed E-state index contributed by atoms with van der Waals surface area (Å²) in [5.74, 6) is 2.82. The Bertz CT molecular complexity index is 213. The molecule has 2 fully saturated rings. The van der Waals surface area contributed by atoms with Gasteiger partial charge in [-0.25, -0.2) is 0 Å². The molecule has 1 nitrogen and oxygen atoms in total. The van der Waals surface area contributed by atoms with Crippen molar-refractivity contribution in [3.8, 4) is 0 Å². The van der Waals surface area contributed by atoms with E-state index in [0.29, 0.717) is 5.41 Å². The SMILES string of the molecule is CCC1CCC2(CCNCC2C(C)C)CC1. The molecule has 1 unspecified atom stereocenters. The lowest BCUT2D eigenvalue weighted by Gasteiger charge is -2.50. The minimum Gasteiger partial charge on any atom is -0.316 e. The highest BCUT2D eigenvalue weighted by atomic mass is 14.9. The van der Waals surface area contributed by atoms with Crippen molar-refractivity contribution in [2.24, 2.45) is 23.2 Å². The Morgan fingerprint density at radius 3 is 2.44 bits per heavy atom. The molecule has 1 saturated heterocycles. The first-order valence-corrected chi connectivity index (χ1v) is 7.38. The maximum atomic E-state index is 3.61. The lowest BCUT2D eigenvalue weighted by Crippen LogP contribution is -2.49. The van der Waals surface area contributed by atoms with Crippen LogP contribution in [0, 0.1) is 23.2 Å². The number of nitrogens with one attached hydrogen (secondary N) is 1. The Labute approximate surface area is 101 Å². The van der Waals surface area contributed by atoms with Crippen LogP contribution < -0.4 is 5.32 Å². The molecule has 2 rings (SSSR count). The van der Waals surface area contributed by atoms with E-state index in [0.717, 1.165) is 17.8 Å². The van der Waals surface area contributed by atoms with Gasteiger partial charge in [0.2, 0.25) is 0 Å². The highest BCUT2D eigenvalue weighted by Crippen LogP contribution is 2.50. The average Bonchev–Trinajstić information content (AvgIpc) is 2.30. The van der Waals surface area contributed by atoms with E-state index in [1.54, 1.807) is 0 Å². The smallest absolute Gasteiger partial charge is 0.00127 e. The van der Waals surface area contributed by atoms with E-state index in [4.69, 9.17) is 0 Å². The van der Waals surface area contributed by atoms with Gasteiger partial charge in [0.05, 0.1) is 0 Å². The molecule has 16 heavy (non-hydrogen) atoms. The van der Waals surface area contributed by atoms with Crippen LogP contribution in [-0.4, -0.2) is 13.1 Å². The van der Waals surface area contributed by atoms with Crippen LogP contribution in [-0.2, 0) is 0 Å². The van der Waals surface area contributed by atoms with Crippen molar-refractivity contribution in [3.05, 3.63) is 0 Å². The zero-order valence-corrected chi connectivity index (χ0v) is 11.4. The Kier molecular flexibility index (Phi) is 3.94. The first-order valence-electron chi connectivity index (χ1n) is 7.38. The summed E-state index contributed by atoms with van der Waals surface area (Å²) in [7, 11) is 0. The van der Waals surface area contributed by atoms with Gasteiger partial charge in [-0.3, -0.25) is 0 Å². The molecule has 1 atom stereocenters. The Hall–Kier alpha value is -0.0400. The fourth-order valence-corrected chi connectivity index (χ4v) is 4.22. The van der Waals surface area contributed by atoms with Gasteiger partial charge in [-0.1, -0.05) is 27.2 Å². The van der Waals surface area contributed by atoms with E-state index in [9.17, 15) is 0 Å². The van der Waals surface area contributed by atoms with E-state index in [1.165, 1.54) is 51.6 Å². The van der Waals surface area contributed by atoms with Gasteiger partial charge in [-0.05, 0) is 68.4 Å². The molecule has 1 N–H and O–H groups in total. The minimum atomic E-state index is 0.713. The maximum absolute atomic E-state index is 3.61. The van der Waals surface area contributed by atoms with E-state index < -0.39 is 0 Å².